The van der Waals surface area contributed by atoms with E-state index in [9.17, 15) is 9.18 Å². The third-order valence-corrected chi connectivity index (χ3v) is 6.79. The van der Waals surface area contributed by atoms with E-state index >= 15 is 0 Å². The summed E-state index contributed by atoms with van der Waals surface area (Å²) < 4.78 is 13.3. The highest BCUT2D eigenvalue weighted by Gasteiger charge is 2.34. The molecule has 0 radical (unpaired) electrons. The molecule has 2 aromatic carbocycles. The molecular formula is C22H26FN3OS. The third kappa shape index (κ3) is 4.57. The number of piperazine rings is 1. The van der Waals surface area contributed by atoms with Crippen molar-refractivity contribution in [2.75, 3.05) is 39.3 Å². The molecule has 6 heteroatoms. The first kappa shape index (κ1) is 19.4. The van der Waals surface area contributed by atoms with Crippen LogP contribution >= 0.6 is 11.8 Å². The van der Waals surface area contributed by atoms with Crippen LogP contribution < -0.4 is 5.32 Å². The SMILES string of the molecule is O=C(C(Sc1ccc(F)cc1)c1ccccc1)N1CCC(N2CCNCC2)C1. The first-order chi connectivity index (χ1) is 13.7. The molecule has 1 N–H and O–H groups in total. The first-order valence-corrected chi connectivity index (χ1v) is 10.8. The fourth-order valence-corrected chi connectivity index (χ4v) is 5.10. The molecule has 0 saturated carbocycles. The van der Waals surface area contributed by atoms with Crippen LogP contribution in [-0.4, -0.2) is 61.0 Å². The normalized spacial score (nSPS) is 21.6. The van der Waals surface area contributed by atoms with E-state index in [0.29, 0.717) is 6.04 Å². The molecule has 28 heavy (non-hydrogen) atoms. The van der Waals surface area contributed by atoms with Crippen LogP contribution in [0.3, 0.4) is 0 Å². The van der Waals surface area contributed by atoms with Gasteiger partial charge in [0, 0.05) is 50.2 Å². The van der Waals surface area contributed by atoms with Gasteiger partial charge < -0.3 is 10.2 Å². The molecular weight excluding hydrogens is 373 g/mol. The Morgan fingerprint density at radius 2 is 1.75 bits per heavy atom. The van der Waals surface area contributed by atoms with Crippen molar-refractivity contribution in [2.24, 2.45) is 0 Å². The Labute approximate surface area is 170 Å². The molecule has 0 aromatic heterocycles. The molecule has 2 aromatic rings. The molecule has 0 bridgehead atoms. The van der Waals surface area contributed by atoms with Crippen molar-refractivity contribution in [1.29, 1.82) is 0 Å². The highest BCUT2D eigenvalue weighted by atomic mass is 32.2. The van der Waals surface area contributed by atoms with Crippen molar-refractivity contribution in [3.8, 4) is 0 Å². The quantitative estimate of drug-likeness (QED) is 0.784. The van der Waals surface area contributed by atoms with Gasteiger partial charge in [0.2, 0.25) is 5.91 Å². The van der Waals surface area contributed by atoms with E-state index in [1.54, 1.807) is 12.1 Å². The molecule has 1 amide bonds. The summed E-state index contributed by atoms with van der Waals surface area (Å²) >= 11 is 1.50. The summed E-state index contributed by atoms with van der Waals surface area (Å²) in [6, 6.07) is 16.8. The van der Waals surface area contributed by atoms with Gasteiger partial charge in [-0.05, 0) is 36.2 Å². The number of carbonyl (C=O) groups excluding carboxylic acids is 1. The Morgan fingerprint density at radius 1 is 1.04 bits per heavy atom. The number of nitrogens with one attached hydrogen (secondary N) is 1. The van der Waals surface area contributed by atoms with Crippen LogP contribution in [0.25, 0.3) is 0 Å². The summed E-state index contributed by atoms with van der Waals surface area (Å²) in [6.07, 6.45) is 1.04. The first-order valence-electron chi connectivity index (χ1n) is 9.91. The highest BCUT2D eigenvalue weighted by Crippen LogP contribution is 2.37. The van der Waals surface area contributed by atoms with Gasteiger partial charge in [-0.3, -0.25) is 9.69 Å². The van der Waals surface area contributed by atoms with E-state index in [1.165, 1.54) is 23.9 Å². The van der Waals surface area contributed by atoms with Gasteiger partial charge in [-0.1, -0.05) is 30.3 Å². The summed E-state index contributed by atoms with van der Waals surface area (Å²) in [4.78, 5) is 18.9. The van der Waals surface area contributed by atoms with Crippen molar-refractivity contribution in [2.45, 2.75) is 22.6 Å². The van der Waals surface area contributed by atoms with Crippen molar-refractivity contribution >= 4 is 17.7 Å². The fraction of sp³-hybridized carbons (Fsp3) is 0.409. The zero-order valence-corrected chi connectivity index (χ0v) is 16.7. The number of hydrogen-bond donors (Lipinski definition) is 1. The van der Waals surface area contributed by atoms with E-state index in [-0.39, 0.29) is 17.0 Å². The minimum atomic E-state index is -0.312. The average molecular weight is 400 g/mol. The second-order valence-corrected chi connectivity index (χ2v) is 8.55. The van der Waals surface area contributed by atoms with Gasteiger partial charge in [0.05, 0.1) is 0 Å². The summed E-state index contributed by atoms with van der Waals surface area (Å²) in [5, 5.41) is 3.08. The van der Waals surface area contributed by atoms with Crippen LogP contribution in [0.1, 0.15) is 17.2 Å². The number of halogens is 1. The van der Waals surface area contributed by atoms with Crippen LogP contribution in [0.4, 0.5) is 4.39 Å². The Hall–Kier alpha value is -1.89. The lowest BCUT2D eigenvalue weighted by Gasteiger charge is -2.32. The molecule has 2 aliphatic heterocycles. The predicted molar refractivity (Wildman–Crippen MR) is 111 cm³/mol. The third-order valence-electron chi connectivity index (χ3n) is 5.54. The van der Waals surface area contributed by atoms with Crippen LogP contribution in [0, 0.1) is 5.82 Å². The lowest BCUT2D eigenvalue weighted by atomic mass is 10.1. The van der Waals surface area contributed by atoms with Gasteiger partial charge in [-0.2, -0.15) is 0 Å². The van der Waals surface area contributed by atoms with Gasteiger partial charge in [0.1, 0.15) is 11.1 Å². The molecule has 2 fully saturated rings. The number of likely N-dealkylation sites (tertiary alicyclic amines) is 1. The van der Waals surface area contributed by atoms with Crippen molar-refractivity contribution in [3.63, 3.8) is 0 Å². The summed E-state index contributed by atoms with van der Waals surface area (Å²) in [7, 11) is 0. The lowest BCUT2D eigenvalue weighted by molar-refractivity contribution is -0.129. The topological polar surface area (TPSA) is 35.6 Å². The number of rotatable bonds is 5. The number of thioether (sulfide) groups is 1. The predicted octanol–water partition coefficient (Wildman–Crippen LogP) is 3.17. The average Bonchev–Trinajstić information content (AvgIpc) is 3.24. The van der Waals surface area contributed by atoms with Gasteiger partial charge in [-0.15, -0.1) is 11.8 Å². The lowest BCUT2D eigenvalue weighted by Crippen LogP contribution is -2.49. The van der Waals surface area contributed by atoms with Crippen molar-refractivity contribution in [3.05, 3.63) is 66.0 Å². The van der Waals surface area contributed by atoms with Crippen LogP contribution in [0.2, 0.25) is 0 Å². The molecule has 4 rings (SSSR count). The van der Waals surface area contributed by atoms with Crippen LogP contribution in [0.15, 0.2) is 59.5 Å². The number of amides is 1. The Morgan fingerprint density at radius 3 is 2.46 bits per heavy atom. The van der Waals surface area contributed by atoms with E-state index in [4.69, 9.17) is 0 Å². The maximum absolute atomic E-state index is 13.4. The summed E-state index contributed by atoms with van der Waals surface area (Å²) in [5.41, 5.74) is 0.993. The molecule has 148 valence electrons. The van der Waals surface area contributed by atoms with E-state index in [1.807, 2.05) is 35.2 Å². The van der Waals surface area contributed by atoms with Crippen LogP contribution in [0.5, 0.6) is 0 Å². The molecule has 0 aliphatic carbocycles. The van der Waals surface area contributed by atoms with Gasteiger partial charge in [-0.25, -0.2) is 4.39 Å². The second-order valence-electron chi connectivity index (χ2n) is 7.38. The monoisotopic (exact) mass is 399 g/mol. The minimum absolute atomic E-state index is 0.151. The smallest absolute Gasteiger partial charge is 0.240 e. The van der Waals surface area contributed by atoms with E-state index in [2.05, 4.69) is 10.2 Å². The second kappa shape index (κ2) is 9.07. The van der Waals surface area contributed by atoms with E-state index < -0.39 is 0 Å². The molecule has 4 nitrogen and oxygen atoms in total. The standard InChI is InChI=1S/C22H26FN3OS/c23-18-6-8-20(9-7-18)28-21(17-4-2-1-3-5-17)22(27)26-13-10-19(16-26)25-14-11-24-12-15-25/h1-9,19,21,24H,10-16H2. The maximum Gasteiger partial charge on any atom is 0.240 e. The Bertz CT molecular complexity index is 780. The minimum Gasteiger partial charge on any atom is -0.340 e. The van der Waals surface area contributed by atoms with Crippen molar-refractivity contribution in [1.82, 2.24) is 15.1 Å². The Kier molecular flexibility index (Phi) is 6.29. The molecule has 2 heterocycles. The molecule has 0 spiro atoms. The fourth-order valence-electron chi connectivity index (χ4n) is 3.99. The number of nitrogens with zero attached hydrogens (tertiary/aromatic N) is 2. The summed E-state index contributed by atoms with van der Waals surface area (Å²) in [6.45, 7) is 5.76. The van der Waals surface area contributed by atoms with Crippen LogP contribution in [-0.2, 0) is 4.79 Å². The molecule has 2 aliphatic rings. The number of hydrogen-bond acceptors (Lipinski definition) is 4. The van der Waals surface area contributed by atoms with Gasteiger partial charge in [0.15, 0.2) is 0 Å². The van der Waals surface area contributed by atoms with Gasteiger partial charge >= 0.3 is 0 Å². The van der Waals surface area contributed by atoms with Gasteiger partial charge in [0.25, 0.3) is 0 Å². The zero-order chi connectivity index (χ0) is 19.3. The van der Waals surface area contributed by atoms with E-state index in [0.717, 1.165) is 56.1 Å². The molecule has 2 unspecified atom stereocenters. The zero-order valence-electron chi connectivity index (χ0n) is 15.9. The highest BCUT2D eigenvalue weighted by molar-refractivity contribution is 8.00. The number of carbonyl (C=O) groups is 1. The summed E-state index contributed by atoms with van der Waals surface area (Å²) in [5.74, 6) is -0.108. The largest absolute Gasteiger partial charge is 0.340 e. The van der Waals surface area contributed by atoms with Crippen molar-refractivity contribution < 1.29 is 9.18 Å². The molecule has 2 saturated heterocycles. The number of benzene rings is 2. The Balaban J connectivity index is 1.49. The maximum atomic E-state index is 13.4. The molecule has 2 atom stereocenters.